The van der Waals surface area contributed by atoms with Crippen molar-refractivity contribution in [2.45, 2.75) is 70.2 Å². The molecule has 1 N–H and O–H groups in total. The van der Waals surface area contributed by atoms with Gasteiger partial charge in [-0.3, -0.25) is 4.79 Å². The van der Waals surface area contributed by atoms with Gasteiger partial charge >= 0.3 is 5.97 Å². The van der Waals surface area contributed by atoms with Crippen molar-refractivity contribution in [2.75, 3.05) is 37.7 Å². The molecule has 1 aromatic carbocycles. The molecule has 9 heteroatoms. The fraction of sp³-hybridized carbons (Fsp3) is 0.667. The van der Waals surface area contributed by atoms with Crippen LogP contribution < -0.4 is 10.2 Å². The summed E-state index contributed by atoms with van der Waals surface area (Å²) in [5.41, 5.74) is 0.835. The molecule has 0 bridgehead atoms. The molecule has 0 unspecified atom stereocenters. The molecule has 0 aromatic heterocycles. The molecule has 0 spiro atoms. The minimum Gasteiger partial charge on any atom is -0.452 e. The Labute approximate surface area is 197 Å². The number of carbonyl (C=O) groups excluding carboxylic acids is 2. The smallest absolute Gasteiger partial charge is 0.340 e. The number of sulfonamides is 1. The van der Waals surface area contributed by atoms with E-state index in [1.165, 1.54) is 10.4 Å². The maximum Gasteiger partial charge on any atom is 0.340 e. The van der Waals surface area contributed by atoms with Gasteiger partial charge < -0.3 is 15.0 Å². The molecule has 1 amide bonds. The fourth-order valence-electron chi connectivity index (χ4n) is 4.67. The maximum absolute atomic E-state index is 13.0. The molecule has 1 saturated carbocycles. The van der Waals surface area contributed by atoms with Crippen LogP contribution in [0.3, 0.4) is 0 Å². The zero-order chi connectivity index (χ0) is 24.0. The molecule has 1 aromatic rings. The van der Waals surface area contributed by atoms with Gasteiger partial charge in [0.2, 0.25) is 10.0 Å². The first-order chi connectivity index (χ1) is 15.8. The van der Waals surface area contributed by atoms with Gasteiger partial charge in [0.05, 0.1) is 16.1 Å². The molecule has 184 valence electrons. The maximum atomic E-state index is 13.0. The highest BCUT2D eigenvalue weighted by atomic mass is 32.2. The molecule has 1 heterocycles. The third-order valence-corrected chi connectivity index (χ3v) is 8.74. The van der Waals surface area contributed by atoms with E-state index in [4.69, 9.17) is 4.74 Å². The molecule has 33 heavy (non-hydrogen) atoms. The zero-order valence-corrected chi connectivity index (χ0v) is 20.8. The highest BCUT2D eigenvalue weighted by Crippen LogP contribution is 2.29. The molecule has 2 fully saturated rings. The Hall–Kier alpha value is -2.13. The van der Waals surface area contributed by atoms with E-state index >= 15 is 0 Å². The van der Waals surface area contributed by atoms with E-state index in [0.29, 0.717) is 24.7 Å². The lowest BCUT2D eigenvalue weighted by molar-refractivity contribution is -0.125. The van der Waals surface area contributed by atoms with Crippen molar-refractivity contribution >= 4 is 27.6 Å². The number of amides is 1. The van der Waals surface area contributed by atoms with Crippen LogP contribution in [0.1, 0.15) is 69.7 Å². The highest BCUT2D eigenvalue weighted by Gasteiger charge is 2.27. The van der Waals surface area contributed by atoms with E-state index in [2.05, 4.69) is 17.1 Å². The Morgan fingerprint density at radius 1 is 1.09 bits per heavy atom. The summed E-state index contributed by atoms with van der Waals surface area (Å²) in [7, 11) is -3.72. The number of rotatable bonds is 9. The Morgan fingerprint density at radius 2 is 1.73 bits per heavy atom. The van der Waals surface area contributed by atoms with Gasteiger partial charge in [-0.05, 0) is 62.6 Å². The van der Waals surface area contributed by atoms with Gasteiger partial charge in [-0.2, -0.15) is 4.31 Å². The summed E-state index contributed by atoms with van der Waals surface area (Å²) in [6, 6.07) is 4.75. The molecule has 3 rings (SSSR count). The number of anilines is 1. The minimum absolute atomic E-state index is 0.0573. The van der Waals surface area contributed by atoms with Gasteiger partial charge in [0, 0.05) is 32.2 Å². The first-order valence-electron chi connectivity index (χ1n) is 12.1. The molecule has 1 saturated heterocycles. The van der Waals surface area contributed by atoms with Crippen LogP contribution in [0.2, 0.25) is 0 Å². The van der Waals surface area contributed by atoms with Crippen LogP contribution in [0.4, 0.5) is 5.69 Å². The number of hydrogen-bond donors (Lipinski definition) is 1. The predicted octanol–water partition coefficient (Wildman–Crippen LogP) is 3.17. The van der Waals surface area contributed by atoms with E-state index in [0.717, 1.165) is 51.6 Å². The average Bonchev–Trinajstić information content (AvgIpc) is 3.34. The standard InChI is InChI=1S/C24H37N3O5S/c1-4-27(5-2)33(30,31)20-12-13-22(26-14-6-7-15-26)21(16-20)24(29)32-17-23(28)25-19-10-8-18(3)9-11-19/h12-13,16,18-19H,4-11,14-15,17H2,1-3H3,(H,25,28). The van der Waals surface area contributed by atoms with Crippen molar-refractivity contribution < 1.29 is 22.7 Å². The number of hydrogen-bond acceptors (Lipinski definition) is 6. The Bertz CT molecular complexity index is 931. The molecule has 2 aliphatic rings. The van der Waals surface area contributed by atoms with Crippen LogP contribution in [0, 0.1) is 5.92 Å². The van der Waals surface area contributed by atoms with Gasteiger partial charge in [0.1, 0.15) is 0 Å². The lowest BCUT2D eigenvalue weighted by atomic mass is 9.87. The van der Waals surface area contributed by atoms with Gasteiger partial charge in [-0.1, -0.05) is 20.8 Å². The second-order valence-corrected chi connectivity index (χ2v) is 11.0. The average molecular weight is 480 g/mol. The van der Waals surface area contributed by atoms with E-state index in [-0.39, 0.29) is 29.0 Å². The Balaban J connectivity index is 1.75. The summed E-state index contributed by atoms with van der Waals surface area (Å²) in [4.78, 5) is 27.5. The number of nitrogens with one attached hydrogen (secondary N) is 1. The van der Waals surface area contributed by atoms with Crippen LogP contribution in [-0.2, 0) is 19.6 Å². The van der Waals surface area contributed by atoms with Crippen molar-refractivity contribution in [3.8, 4) is 0 Å². The molecule has 0 radical (unpaired) electrons. The molecule has 8 nitrogen and oxygen atoms in total. The van der Waals surface area contributed by atoms with E-state index < -0.39 is 16.0 Å². The van der Waals surface area contributed by atoms with E-state index in [1.807, 2.05) is 0 Å². The summed E-state index contributed by atoms with van der Waals surface area (Å²) in [6.45, 7) is 7.66. The lowest BCUT2D eigenvalue weighted by Crippen LogP contribution is -2.39. The zero-order valence-electron chi connectivity index (χ0n) is 20.0. The monoisotopic (exact) mass is 479 g/mol. The van der Waals surface area contributed by atoms with Crippen LogP contribution in [-0.4, -0.2) is 63.4 Å². The van der Waals surface area contributed by atoms with E-state index in [1.54, 1.807) is 26.0 Å². The van der Waals surface area contributed by atoms with Crippen molar-refractivity contribution in [3.63, 3.8) is 0 Å². The number of esters is 1. The Morgan fingerprint density at radius 3 is 2.33 bits per heavy atom. The topological polar surface area (TPSA) is 96.0 Å². The van der Waals surface area contributed by atoms with Crippen molar-refractivity contribution in [2.24, 2.45) is 5.92 Å². The second-order valence-electron chi connectivity index (χ2n) is 9.06. The lowest BCUT2D eigenvalue weighted by Gasteiger charge is -2.27. The van der Waals surface area contributed by atoms with Crippen molar-refractivity contribution in [1.82, 2.24) is 9.62 Å². The summed E-state index contributed by atoms with van der Waals surface area (Å²) >= 11 is 0. The third kappa shape index (κ3) is 6.26. The first kappa shape index (κ1) is 25.5. The van der Waals surface area contributed by atoms with E-state index in [9.17, 15) is 18.0 Å². The number of benzene rings is 1. The van der Waals surface area contributed by atoms with Gasteiger partial charge in [-0.25, -0.2) is 13.2 Å². The molecular formula is C24H37N3O5S. The molecule has 1 aliphatic carbocycles. The highest BCUT2D eigenvalue weighted by molar-refractivity contribution is 7.89. The van der Waals surface area contributed by atoms with Crippen molar-refractivity contribution in [1.29, 1.82) is 0 Å². The van der Waals surface area contributed by atoms with Crippen molar-refractivity contribution in [3.05, 3.63) is 23.8 Å². The van der Waals surface area contributed by atoms with Crippen LogP contribution in [0.5, 0.6) is 0 Å². The summed E-state index contributed by atoms with van der Waals surface area (Å²) < 4.78 is 32.7. The largest absolute Gasteiger partial charge is 0.452 e. The number of nitrogens with zero attached hydrogens (tertiary/aromatic N) is 2. The summed E-state index contributed by atoms with van der Waals surface area (Å²) in [6.07, 6.45) is 6.05. The molecular weight excluding hydrogens is 442 g/mol. The minimum atomic E-state index is -3.72. The van der Waals surface area contributed by atoms with Crippen LogP contribution >= 0.6 is 0 Å². The number of carbonyl (C=O) groups is 2. The third-order valence-electron chi connectivity index (χ3n) is 6.69. The van der Waals surface area contributed by atoms with Gasteiger partial charge in [0.25, 0.3) is 5.91 Å². The molecule has 0 atom stereocenters. The quantitative estimate of drug-likeness (QED) is 0.547. The van der Waals surface area contributed by atoms with Crippen LogP contribution in [0.25, 0.3) is 0 Å². The van der Waals surface area contributed by atoms with Gasteiger partial charge in [-0.15, -0.1) is 0 Å². The second kappa shape index (κ2) is 11.3. The predicted molar refractivity (Wildman–Crippen MR) is 128 cm³/mol. The SMILES string of the molecule is CCN(CC)S(=O)(=O)c1ccc(N2CCCC2)c(C(=O)OCC(=O)NC2CCC(C)CC2)c1. The normalized spacial score (nSPS) is 21.3. The fourth-order valence-corrected chi connectivity index (χ4v) is 6.15. The summed E-state index contributed by atoms with van der Waals surface area (Å²) in [5, 5.41) is 2.95. The Kier molecular flexibility index (Phi) is 8.75. The summed E-state index contributed by atoms with van der Waals surface area (Å²) in [5.74, 6) is -0.321. The van der Waals surface area contributed by atoms with Crippen LogP contribution in [0.15, 0.2) is 23.1 Å². The number of ether oxygens (including phenoxy) is 1. The van der Waals surface area contributed by atoms with Gasteiger partial charge in [0.15, 0.2) is 6.61 Å². The first-order valence-corrected chi connectivity index (χ1v) is 13.6. The molecule has 1 aliphatic heterocycles.